The van der Waals surface area contributed by atoms with E-state index in [1.807, 2.05) is 18.5 Å². The Labute approximate surface area is 157 Å². The fraction of sp³-hybridized carbons (Fsp3) is 0.500. The van der Waals surface area contributed by atoms with Crippen molar-refractivity contribution >= 4 is 5.69 Å². The second kappa shape index (κ2) is 8.09. The molecule has 4 nitrogen and oxygen atoms in total. The smallest absolute Gasteiger partial charge is 0.121 e. The van der Waals surface area contributed by atoms with Crippen molar-refractivity contribution in [2.45, 2.75) is 27.2 Å². The summed E-state index contributed by atoms with van der Waals surface area (Å²) in [5, 5.41) is 0. The van der Waals surface area contributed by atoms with Gasteiger partial charge in [0.1, 0.15) is 5.75 Å². The zero-order chi connectivity index (χ0) is 17.2. The zero-order valence-electron chi connectivity index (χ0n) is 15.2. The number of benzene rings is 1. The lowest BCUT2D eigenvalue weighted by atomic mass is 9.98. The van der Waals surface area contributed by atoms with E-state index in [0.29, 0.717) is 0 Å². The van der Waals surface area contributed by atoms with Crippen molar-refractivity contribution in [2.75, 3.05) is 44.7 Å². The first kappa shape index (κ1) is 18.7. The van der Waals surface area contributed by atoms with Gasteiger partial charge in [-0.3, -0.25) is 4.98 Å². The normalized spacial score (nSPS) is 22.3. The van der Waals surface area contributed by atoms with Crippen molar-refractivity contribution < 1.29 is 4.74 Å². The van der Waals surface area contributed by atoms with Crippen LogP contribution in [-0.2, 0) is 0 Å². The van der Waals surface area contributed by atoms with Gasteiger partial charge in [0.2, 0.25) is 0 Å². The summed E-state index contributed by atoms with van der Waals surface area (Å²) in [6.07, 6.45) is 6.69. The maximum atomic E-state index is 5.38. The first-order valence-corrected chi connectivity index (χ1v) is 9.30. The monoisotopic (exact) mass is 353 g/mol. The third-order valence-corrected chi connectivity index (χ3v) is 5.58. The van der Waals surface area contributed by atoms with E-state index < -0.39 is 0 Å². The molecule has 4 rings (SSSR count). The van der Waals surface area contributed by atoms with Crippen LogP contribution in [0.25, 0.3) is 11.1 Å². The van der Waals surface area contributed by atoms with Crippen LogP contribution in [0, 0.1) is 12.8 Å². The van der Waals surface area contributed by atoms with Crippen LogP contribution in [0.4, 0.5) is 5.69 Å². The second-order valence-corrected chi connectivity index (χ2v) is 7.37. The molecular formula is C22H31N3O. The lowest BCUT2D eigenvalue weighted by Gasteiger charge is -2.29. The first-order valence-electron chi connectivity index (χ1n) is 9.30. The predicted octanol–water partition coefficient (Wildman–Crippen LogP) is 4.23. The van der Waals surface area contributed by atoms with Crippen molar-refractivity contribution in [1.29, 1.82) is 0 Å². The molecule has 0 aliphatic carbocycles. The number of piperidine rings is 1. The number of hydrogen-bond donors (Lipinski definition) is 0. The van der Waals surface area contributed by atoms with E-state index in [9.17, 15) is 0 Å². The van der Waals surface area contributed by atoms with Gasteiger partial charge in [-0.25, -0.2) is 0 Å². The molecule has 2 aromatic rings. The Morgan fingerprint density at radius 2 is 1.92 bits per heavy atom. The minimum atomic E-state index is 0. The van der Waals surface area contributed by atoms with Crippen molar-refractivity contribution in [3.05, 3.63) is 42.2 Å². The largest absolute Gasteiger partial charge is 0.496 e. The SMILES string of the molecule is C.COc1ccc(-c2cncc(N3CCN4CCCC(C4)C3)c2)cc1C. The van der Waals surface area contributed by atoms with Gasteiger partial charge >= 0.3 is 0 Å². The minimum Gasteiger partial charge on any atom is -0.496 e. The highest BCUT2D eigenvalue weighted by Crippen LogP contribution is 2.29. The molecule has 0 amide bonds. The van der Waals surface area contributed by atoms with Crippen LogP contribution in [0.1, 0.15) is 25.8 Å². The number of methoxy groups -OCH3 is 1. The fourth-order valence-corrected chi connectivity index (χ4v) is 4.22. The van der Waals surface area contributed by atoms with E-state index in [2.05, 4.69) is 39.9 Å². The fourth-order valence-electron chi connectivity index (χ4n) is 4.22. The van der Waals surface area contributed by atoms with Gasteiger partial charge in [0, 0.05) is 37.9 Å². The molecule has 2 atom stereocenters. The number of aromatic nitrogens is 1. The maximum absolute atomic E-state index is 5.38. The molecule has 2 saturated heterocycles. The summed E-state index contributed by atoms with van der Waals surface area (Å²) in [5.41, 5.74) is 4.78. The van der Waals surface area contributed by atoms with E-state index in [0.717, 1.165) is 30.3 Å². The summed E-state index contributed by atoms with van der Waals surface area (Å²) in [4.78, 5) is 9.69. The van der Waals surface area contributed by atoms with E-state index in [1.165, 1.54) is 49.3 Å². The molecule has 2 aliphatic rings. The average molecular weight is 354 g/mol. The summed E-state index contributed by atoms with van der Waals surface area (Å²) in [5.74, 6) is 1.73. The molecule has 1 aromatic heterocycles. The molecule has 2 bridgehead atoms. The van der Waals surface area contributed by atoms with Crippen molar-refractivity contribution in [2.24, 2.45) is 5.92 Å². The first-order chi connectivity index (χ1) is 12.2. The summed E-state index contributed by atoms with van der Waals surface area (Å²) in [6, 6.07) is 8.63. The Balaban J connectivity index is 0.00000196. The van der Waals surface area contributed by atoms with Gasteiger partial charge in [-0.2, -0.15) is 0 Å². The van der Waals surface area contributed by atoms with Crippen LogP contribution < -0.4 is 9.64 Å². The highest BCUT2D eigenvalue weighted by Gasteiger charge is 2.26. The molecule has 2 aliphatic heterocycles. The molecule has 3 heterocycles. The van der Waals surface area contributed by atoms with E-state index in [-0.39, 0.29) is 7.43 Å². The van der Waals surface area contributed by atoms with Gasteiger partial charge in [0.25, 0.3) is 0 Å². The van der Waals surface area contributed by atoms with Crippen LogP contribution in [0.2, 0.25) is 0 Å². The number of rotatable bonds is 3. The Morgan fingerprint density at radius 1 is 1.04 bits per heavy atom. The third kappa shape index (κ3) is 3.85. The van der Waals surface area contributed by atoms with Crippen molar-refractivity contribution in [1.82, 2.24) is 9.88 Å². The topological polar surface area (TPSA) is 28.6 Å². The minimum absolute atomic E-state index is 0. The summed E-state index contributed by atoms with van der Waals surface area (Å²) in [7, 11) is 1.72. The van der Waals surface area contributed by atoms with Crippen LogP contribution in [0.15, 0.2) is 36.7 Å². The van der Waals surface area contributed by atoms with Crippen LogP contribution in [-0.4, -0.2) is 49.7 Å². The molecule has 1 aromatic carbocycles. The number of ether oxygens (including phenoxy) is 1. The summed E-state index contributed by atoms with van der Waals surface area (Å²) < 4.78 is 5.38. The van der Waals surface area contributed by atoms with Crippen molar-refractivity contribution in [3.8, 4) is 16.9 Å². The maximum Gasteiger partial charge on any atom is 0.121 e. The standard InChI is InChI=1S/C21H27N3O.CH4/c1-16-10-18(5-6-21(16)25-2)19-11-20(13-22-12-19)24-9-8-23-7-3-4-17(14-23)15-24;/h5-6,10-13,17H,3-4,7-9,14-15H2,1-2H3;1H4. The Morgan fingerprint density at radius 3 is 2.73 bits per heavy atom. The number of anilines is 1. The van der Waals surface area contributed by atoms with Crippen LogP contribution in [0.5, 0.6) is 5.75 Å². The summed E-state index contributed by atoms with van der Waals surface area (Å²) in [6.45, 7) is 8.05. The van der Waals surface area contributed by atoms with Crippen molar-refractivity contribution in [3.63, 3.8) is 0 Å². The number of hydrogen-bond acceptors (Lipinski definition) is 4. The molecule has 2 fully saturated rings. The Hall–Kier alpha value is -2.07. The number of pyridine rings is 1. The molecule has 2 unspecified atom stereocenters. The predicted molar refractivity (Wildman–Crippen MR) is 109 cm³/mol. The lowest BCUT2D eigenvalue weighted by molar-refractivity contribution is 0.201. The molecule has 4 heteroatoms. The quantitative estimate of drug-likeness (QED) is 0.825. The number of aryl methyl sites for hydroxylation is 1. The van der Waals surface area contributed by atoms with Gasteiger partial charge < -0.3 is 14.5 Å². The molecule has 0 spiro atoms. The second-order valence-electron chi connectivity index (χ2n) is 7.37. The van der Waals surface area contributed by atoms with Crippen LogP contribution in [0.3, 0.4) is 0 Å². The van der Waals surface area contributed by atoms with Gasteiger partial charge in [-0.1, -0.05) is 13.5 Å². The van der Waals surface area contributed by atoms with Crippen LogP contribution >= 0.6 is 0 Å². The van der Waals surface area contributed by atoms with E-state index in [4.69, 9.17) is 4.74 Å². The van der Waals surface area contributed by atoms with Gasteiger partial charge in [0.05, 0.1) is 19.0 Å². The Bertz CT molecular complexity index is 746. The van der Waals surface area contributed by atoms with Gasteiger partial charge in [-0.05, 0) is 61.6 Å². The van der Waals surface area contributed by atoms with E-state index in [1.54, 1.807) is 7.11 Å². The molecule has 140 valence electrons. The molecular weight excluding hydrogens is 322 g/mol. The van der Waals surface area contributed by atoms with E-state index >= 15 is 0 Å². The molecule has 26 heavy (non-hydrogen) atoms. The third-order valence-electron chi connectivity index (χ3n) is 5.58. The highest BCUT2D eigenvalue weighted by molar-refractivity contribution is 5.68. The number of fused-ring (bicyclic) bond motifs is 2. The number of nitrogens with zero attached hydrogens (tertiary/aromatic N) is 3. The molecule has 0 saturated carbocycles. The average Bonchev–Trinajstić information content (AvgIpc) is 2.79. The lowest BCUT2D eigenvalue weighted by Crippen LogP contribution is -2.35. The Kier molecular flexibility index (Phi) is 5.82. The molecule has 0 radical (unpaired) electrons. The highest BCUT2D eigenvalue weighted by atomic mass is 16.5. The van der Waals surface area contributed by atoms with Gasteiger partial charge in [0.15, 0.2) is 0 Å². The molecule has 0 N–H and O–H groups in total. The van der Waals surface area contributed by atoms with Gasteiger partial charge in [-0.15, -0.1) is 0 Å². The zero-order valence-corrected chi connectivity index (χ0v) is 15.2. The summed E-state index contributed by atoms with van der Waals surface area (Å²) >= 11 is 0.